The zero-order chi connectivity index (χ0) is 16.5. The first-order valence-electron chi connectivity index (χ1n) is 7.80. The van der Waals surface area contributed by atoms with Crippen LogP contribution < -0.4 is 10.9 Å². The first kappa shape index (κ1) is 14.6. The number of rotatable bonds is 5. The summed E-state index contributed by atoms with van der Waals surface area (Å²) in [5, 5.41) is 7.07. The van der Waals surface area contributed by atoms with Crippen molar-refractivity contribution in [3.05, 3.63) is 52.2 Å². The molecular formula is C16H15N5O3. The van der Waals surface area contributed by atoms with Gasteiger partial charge >= 0.3 is 0 Å². The molecule has 2 N–H and O–H groups in total. The van der Waals surface area contributed by atoms with E-state index in [0.29, 0.717) is 35.7 Å². The highest BCUT2D eigenvalue weighted by molar-refractivity contribution is 5.92. The molecule has 1 aliphatic rings. The van der Waals surface area contributed by atoms with Crippen molar-refractivity contribution in [3.8, 4) is 0 Å². The molecule has 1 aliphatic carbocycles. The van der Waals surface area contributed by atoms with Gasteiger partial charge in [0.15, 0.2) is 11.6 Å². The minimum absolute atomic E-state index is 0.0112. The standard InChI is InChI=1S/C16H15N5O3/c22-15-10-3-1-2-4-11(10)18-14(20-15)16(23)17-8-7-12-19-13(21-24-12)9-5-6-9/h1-4,9H,5-8H2,(H,17,23)(H,18,20,22). The molecule has 1 saturated carbocycles. The molecule has 4 rings (SSSR count). The van der Waals surface area contributed by atoms with Gasteiger partial charge in [-0.15, -0.1) is 0 Å². The van der Waals surface area contributed by atoms with Gasteiger partial charge in [0.25, 0.3) is 11.5 Å². The molecule has 1 aromatic carbocycles. The van der Waals surface area contributed by atoms with Crippen LogP contribution in [0, 0.1) is 0 Å². The van der Waals surface area contributed by atoms with Crippen LogP contribution in [0.15, 0.2) is 33.6 Å². The number of carbonyl (C=O) groups is 1. The van der Waals surface area contributed by atoms with Crippen molar-refractivity contribution < 1.29 is 9.32 Å². The molecule has 8 nitrogen and oxygen atoms in total. The minimum Gasteiger partial charge on any atom is -0.349 e. The Morgan fingerprint density at radius 3 is 2.96 bits per heavy atom. The van der Waals surface area contributed by atoms with Crippen LogP contribution in [0.25, 0.3) is 10.9 Å². The summed E-state index contributed by atoms with van der Waals surface area (Å²) in [5.41, 5.74) is 0.147. The van der Waals surface area contributed by atoms with E-state index < -0.39 is 5.91 Å². The Morgan fingerprint density at radius 2 is 2.12 bits per heavy atom. The SMILES string of the molecule is O=C(NCCc1nc(C2CC2)no1)c1nc2ccccc2c(=O)[nH]1. The monoisotopic (exact) mass is 325 g/mol. The molecule has 8 heteroatoms. The first-order chi connectivity index (χ1) is 11.7. The van der Waals surface area contributed by atoms with Crippen molar-refractivity contribution >= 4 is 16.8 Å². The second-order valence-corrected chi connectivity index (χ2v) is 5.76. The smallest absolute Gasteiger partial charge is 0.287 e. The van der Waals surface area contributed by atoms with Crippen LogP contribution >= 0.6 is 0 Å². The van der Waals surface area contributed by atoms with Gasteiger partial charge in [-0.25, -0.2) is 4.98 Å². The van der Waals surface area contributed by atoms with Crippen molar-refractivity contribution in [1.82, 2.24) is 25.4 Å². The normalized spacial score (nSPS) is 14.0. The third-order valence-electron chi connectivity index (χ3n) is 3.88. The lowest BCUT2D eigenvalue weighted by molar-refractivity contribution is 0.0943. The number of aromatic nitrogens is 4. The maximum absolute atomic E-state index is 12.1. The molecule has 0 unspecified atom stereocenters. The third-order valence-corrected chi connectivity index (χ3v) is 3.88. The van der Waals surface area contributed by atoms with E-state index in [1.54, 1.807) is 24.3 Å². The first-order valence-corrected chi connectivity index (χ1v) is 7.80. The topological polar surface area (TPSA) is 114 Å². The Labute approximate surface area is 136 Å². The van der Waals surface area contributed by atoms with Crippen molar-refractivity contribution in [2.45, 2.75) is 25.2 Å². The van der Waals surface area contributed by atoms with Crippen LogP contribution in [0.2, 0.25) is 0 Å². The zero-order valence-electron chi connectivity index (χ0n) is 12.8. The second kappa shape index (κ2) is 5.88. The van der Waals surface area contributed by atoms with Crippen molar-refractivity contribution in [1.29, 1.82) is 0 Å². The molecule has 2 aromatic heterocycles. The summed E-state index contributed by atoms with van der Waals surface area (Å²) < 4.78 is 5.14. The number of nitrogens with zero attached hydrogens (tertiary/aromatic N) is 3. The Balaban J connectivity index is 1.41. The summed E-state index contributed by atoms with van der Waals surface area (Å²) >= 11 is 0. The lowest BCUT2D eigenvalue weighted by Crippen LogP contribution is -2.29. The maximum atomic E-state index is 12.1. The lowest BCUT2D eigenvalue weighted by atomic mass is 10.2. The lowest BCUT2D eigenvalue weighted by Gasteiger charge is -2.04. The Kier molecular flexibility index (Phi) is 3.56. The fraction of sp³-hybridized carbons (Fsp3) is 0.312. The number of H-pyrrole nitrogens is 1. The Bertz CT molecular complexity index is 958. The van der Waals surface area contributed by atoms with Gasteiger partial charge in [0, 0.05) is 18.9 Å². The van der Waals surface area contributed by atoms with E-state index in [-0.39, 0.29) is 11.4 Å². The van der Waals surface area contributed by atoms with Gasteiger partial charge in [-0.2, -0.15) is 4.98 Å². The van der Waals surface area contributed by atoms with E-state index in [0.717, 1.165) is 18.7 Å². The summed E-state index contributed by atoms with van der Waals surface area (Å²) in [6, 6.07) is 6.87. The molecule has 0 bridgehead atoms. The van der Waals surface area contributed by atoms with Crippen LogP contribution in [0.1, 0.15) is 41.1 Å². The second-order valence-electron chi connectivity index (χ2n) is 5.76. The summed E-state index contributed by atoms with van der Waals surface area (Å²) in [5.74, 6) is 1.22. The van der Waals surface area contributed by atoms with Crippen molar-refractivity contribution in [2.24, 2.45) is 0 Å². The predicted molar refractivity (Wildman–Crippen MR) is 84.7 cm³/mol. The van der Waals surface area contributed by atoms with Crippen LogP contribution in [0.3, 0.4) is 0 Å². The van der Waals surface area contributed by atoms with Crippen LogP contribution in [-0.4, -0.2) is 32.6 Å². The van der Waals surface area contributed by atoms with Gasteiger partial charge in [-0.3, -0.25) is 9.59 Å². The van der Waals surface area contributed by atoms with E-state index in [4.69, 9.17) is 4.52 Å². The number of hydrogen-bond donors (Lipinski definition) is 2. The predicted octanol–water partition coefficient (Wildman–Crippen LogP) is 1.16. The van der Waals surface area contributed by atoms with Crippen LogP contribution in [0.5, 0.6) is 0 Å². The Morgan fingerprint density at radius 1 is 1.29 bits per heavy atom. The average Bonchev–Trinajstić information content (AvgIpc) is 3.34. The molecule has 0 saturated heterocycles. The molecule has 0 radical (unpaired) electrons. The molecule has 3 aromatic rings. The zero-order valence-corrected chi connectivity index (χ0v) is 12.8. The highest BCUT2D eigenvalue weighted by atomic mass is 16.5. The van der Waals surface area contributed by atoms with Crippen molar-refractivity contribution in [2.75, 3.05) is 6.54 Å². The molecule has 1 fully saturated rings. The Hall–Kier alpha value is -3.03. The molecular weight excluding hydrogens is 310 g/mol. The molecule has 0 aliphatic heterocycles. The average molecular weight is 325 g/mol. The summed E-state index contributed by atoms with van der Waals surface area (Å²) in [6.45, 7) is 0.321. The third kappa shape index (κ3) is 2.90. The summed E-state index contributed by atoms with van der Waals surface area (Å²) in [7, 11) is 0. The van der Waals surface area contributed by atoms with E-state index in [9.17, 15) is 9.59 Å². The van der Waals surface area contributed by atoms with E-state index >= 15 is 0 Å². The number of para-hydroxylation sites is 1. The van der Waals surface area contributed by atoms with E-state index in [1.807, 2.05) is 0 Å². The molecule has 122 valence electrons. The number of benzene rings is 1. The number of aromatic amines is 1. The highest BCUT2D eigenvalue weighted by Gasteiger charge is 2.28. The maximum Gasteiger partial charge on any atom is 0.287 e. The number of carbonyl (C=O) groups excluding carboxylic acids is 1. The fourth-order valence-corrected chi connectivity index (χ4v) is 2.44. The van der Waals surface area contributed by atoms with Gasteiger partial charge in [-0.05, 0) is 25.0 Å². The molecule has 0 atom stereocenters. The molecule has 2 heterocycles. The van der Waals surface area contributed by atoms with Gasteiger partial charge in [0.05, 0.1) is 10.9 Å². The van der Waals surface area contributed by atoms with Crippen LogP contribution in [-0.2, 0) is 6.42 Å². The molecule has 24 heavy (non-hydrogen) atoms. The van der Waals surface area contributed by atoms with Crippen LogP contribution in [0.4, 0.5) is 0 Å². The van der Waals surface area contributed by atoms with Gasteiger partial charge < -0.3 is 14.8 Å². The fourth-order valence-electron chi connectivity index (χ4n) is 2.44. The summed E-state index contributed by atoms with van der Waals surface area (Å²) in [4.78, 5) is 35.1. The highest BCUT2D eigenvalue weighted by Crippen LogP contribution is 2.38. The van der Waals surface area contributed by atoms with E-state index in [1.165, 1.54) is 0 Å². The van der Waals surface area contributed by atoms with Crippen molar-refractivity contribution in [3.63, 3.8) is 0 Å². The largest absolute Gasteiger partial charge is 0.349 e. The number of fused-ring (bicyclic) bond motifs is 1. The summed E-state index contributed by atoms with van der Waals surface area (Å²) in [6.07, 6.45) is 2.65. The number of nitrogens with one attached hydrogen (secondary N) is 2. The number of hydrogen-bond acceptors (Lipinski definition) is 6. The van der Waals surface area contributed by atoms with Gasteiger partial charge in [0.1, 0.15) is 0 Å². The minimum atomic E-state index is -0.445. The molecule has 1 amide bonds. The van der Waals surface area contributed by atoms with Gasteiger partial charge in [0.2, 0.25) is 5.89 Å². The van der Waals surface area contributed by atoms with Gasteiger partial charge in [-0.1, -0.05) is 17.3 Å². The molecule has 0 spiro atoms. The van der Waals surface area contributed by atoms with E-state index in [2.05, 4.69) is 25.4 Å². The number of amides is 1. The quantitative estimate of drug-likeness (QED) is 0.727.